The minimum absolute atomic E-state index is 0.138. The summed E-state index contributed by atoms with van der Waals surface area (Å²) in [5, 5.41) is 13.1. The van der Waals surface area contributed by atoms with E-state index in [0.717, 1.165) is 12.8 Å². The minimum atomic E-state index is -0.563. The first-order valence-corrected chi connectivity index (χ1v) is 4.80. The first-order valence-electron chi connectivity index (χ1n) is 4.80. The average Bonchev–Trinajstić information content (AvgIpc) is 2.02. The first-order chi connectivity index (χ1) is 5.33. The van der Waals surface area contributed by atoms with Crippen molar-refractivity contribution in [2.75, 3.05) is 6.54 Å². The van der Waals surface area contributed by atoms with Crippen LogP contribution in [0.25, 0.3) is 0 Å². The summed E-state index contributed by atoms with van der Waals surface area (Å²) in [6.45, 7) is 11.0. The van der Waals surface area contributed by atoms with Gasteiger partial charge in [0, 0.05) is 12.1 Å². The molecule has 0 aliphatic carbocycles. The van der Waals surface area contributed by atoms with Crippen LogP contribution in [0.15, 0.2) is 0 Å². The Bertz CT molecular complexity index is 114. The van der Waals surface area contributed by atoms with Gasteiger partial charge in [0.25, 0.3) is 0 Å². The normalized spacial score (nSPS) is 17.5. The second kappa shape index (κ2) is 4.24. The maximum absolute atomic E-state index is 9.72. The van der Waals surface area contributed by atoms with Crippen LogP contribution in [-0.2, 0) is 0 Å². The molecule has 0 aromatic heterocycles. The van der Waals surface area contributed by atoms with Crippen molar-refractivity contribution in [2.24, 2.45) is 0 Å². The molecule has 0 aromatic carbocycles. The first kappa shape index (κ1) is 11.9. The summed E-state index contributed by atoms with van der Waals surface area (Å²) in [5.41, 5.74) is -0.425. The molecule has 0 saturated carbocycles. The molecule has 0 amide bonds. The van der Waals surface area contributed by atoms with Crippen LogP contribution in [-0.4, -0.2) is 22.8 Å². The van der Waals surface area contributed by atoms with E-state index in [4.69, 9.17) is 0 Å². The van der Waals surface area contributed by atoms with Gasteiger partial charge in [0.2, 0.25) is 0 Å². The number of aliphatic hydroxyl groups is 1. The summed E-state index contributed by atoms with van der Waals surface area (Å²) in [6.07, 6.45) is 1.87. The molecule has 1 unspecified atom stereocenters. The van der Waals surface area contributed by atoms with Crippen molar-refractivity contribution in [3.8, 4) is 0 Å². The van der Waals surface area contributed by atoms with Crippen LogP contribution in [0.4, 0.5) is 0 Å². The molecule has 0 bridgehead atoms. The Morgan fingerprint density at radius 2 is 1.58 bits per heavy atom. The highest BCUT2D eigenvalue weighted by Gasteiger charge is 2.21. The minimum Gasteiger partial charge on any atom is -0.389 e. The monoisotopic (exact) mass is 173 g/mol. The van der Waals surface area contributed by atoms with Gasteiger partial charge in [-0.3, -0.25) is 0 Å². The zero-order chi connectivity index (χ0) is 9.83. The van der Waals surface area contributed by atoms with Gasteiger partial charge in [0.05, 0.1) is 5.60 Å². The van der Waals surface area contributed by atoms with Crippen molar-refractivity contribution >= 4 is 0 Å². The van der Waals surface area contributed by atoms with E-state index in [9.17, 15) is 5.11 Å². The number of β-amino-alcohol motifs (C(OH)–C–C–N with tert-alkyl or cyclic N) is 1. The van der Waals surface area contributed by atoms with E-state index < -0.39 is 5.60 Å². The third kappa shape index (κ3) is 4.73. The molecule has 0 aromatic rings. The summed E-state index contributed by atoms with van der Waals surface area (Å²) >= 11 is 0. The predicted molar refractivity (Wildman–Crippen MR) is 53.3 cm³/mol. The van der Waals surface area contributed by atoms with Crippen molar-refractivity contribution in [2.45, 2.75) is 58.6 Å². The van der Waals surface area contributed by atoms with Crippen LogP contribution < -0.4 is 5.32 Å². The van der Waals surface area contributed by atoms with Gasteiger partial charge in [-0.1, -0.05) is 13.8 Å². The highest BCUT2D eigenvalue weighted by molar-refractivity contribution is 4.81. The Morgan fingerprint density at radius 1 is 1.08 bits per heavy atom. The molecule has 2 heteroatoms. The quantitative estimate of drug-likeness (QED) is 0.666. The van der Waals surface area contributed by atoms with Gasteiger partial charge in [-0.05, 0) is 33.6 Å². The van der Waals surface area contributed by atoms with Crippen molar-refractivity contribution in [3.05, 3.63) is 0 Å². The van der Waals surface area contributed by atoms with E-state index in [2.05, 4.69) is 26.1 Å². The fraction of sp³-hybridized carbons (Fsp3) is 1.00. The number of hydrogen-bond donors (Lipinski definition) is 2. The van der Waals surface area contributed by atoms with E-state index in [0.29, 0.717) is 6.54 Å². The topological polar surface area (TPSA) is 32.3 Å². The molecule has 1 atom stereocenters. The lowest BCUT2D eigenvalue weighted by atomic mass is 9.98. The van der Waals surface area contributed by atoms with Crippen molar-refractivity contribution in [1.29, 1.82) is 0 Å². The van der Waals surface area contributed by atoms with Gasteiger partial charge in [-0.15, -0.1) is 0 Å². The fourth-order valence-electron chi connectivity index (χ4n) is 0.680. The summed E-state index contributed by atoms with van der Waals surface area (Å²) in [5.74, 6) is 0. The molecule has 0 fully saturated rings. The van der Waals surface area contributed by atoms with E-state index in [-0.39, 0.29) is 5.54 Å². The Hall–Kier alpha value is -0.0800. The molecule has 0 heterocycles. The van der Waals surface area contributed by atoms with Gasteiger partial charge in [-0.2, -0.15) is 0 Å². The van der Waals surface area contributed by atoms with Gasteiger partial charge in [0.15, 0.2) is 0 Å². The van der Waals surface area contributed by atoms with Crippen LogP contribution in [0.5, 0.6) is 0 Å². The molecule has 0 rings (SSSR count). The predicted octanol–water partition coefficient (Wildman–Crippen LogP) is 1.93. The zero-order valence-corrected chi connectivity index (χ0v) is 9.07. The molecular formula is C10H23NO. The van der Waals surface area contributed by atoms with Crippen LogP contribution in [0.1, 0.15) is 47.5 Å². The Morgan fingerprint density at radius 3 is 1.92 bits per heavy atom. The van der Waals surface area contributed by atoms with E-state index in [1.54, 1.807) is 0 Å². The lowest BCUT2D eigenvalue weighted by molar-refractivity contribution is 0.0480. The summed E-state index contributed by atoms with van der Waals surface area (Å²) in [7, 11) is 0. The van der Waals surface area contributed by atoms with E-state index in [1.807, 2.05) is 13.8 Å². The van der Waals surface area contributed by atoms with Gasteiger partial charge < -0.3 is 10.4 Å². The lowest BCUT2D eigenvalue weighted by Crippen LogP contribution is -2.47. The Kier molecular flexibility index (Phi) is 4.21. The molecular weight excluding hydrogens is 150 g/mol. The van der Waals surface area contributed by atoms with E-state index in [1.165, 1.54) is 0 Å². The molecule has 0 aliphatic rings. The molecule has 2 N–H and O–H groups in total. The molecule has 2 nitrogen and oxygen atoms in total. The number of rotatable bonds is 5. The lowest BCUT2D eigenvalue weighted by Gasteiger charge is -2.30. The SMILES string of the molecule is CCC(C)(O)CNC(C)(C)CC. The number of nitrogens with one attached hydrogen (secondary N) is 1. The second-order valence-electron chi connectivity index (χ2n) is 4.44. The Balaban J connectivity index is 3.82. The molecule has 0 saturated heterocycles. The zero-order valence-electron chi connectivity index (χ0n) is 9.07. The van der Waals surface area contributed by atoms with Crippen LogP contribution >= 0.6 is 0 Å². The van der Waals surface area contributed by atoms with Gasteiger partial charge in [0.1, 0.15) is 0 Å². The molecule has 12 heavy (non-hydrogen) atoms. The van der Waals surface area contributed by atoms with Crippen molar-refractivity contribution in [1.82, 2.24) is 5.32 Å². The van der Waals surface area contributed by atoms with Crippen molar-refractivity contribution in [3.63, 3.8) is 0 Å². The highest BCUT2D eigenvalue weighted by Crippen LogP contribution is 2.11. The molecule has 0 spiro atoms. The largest absolute Gasteiger partial charge is 0.389 e. The summed E-state index contributed by atoms with van der Waals surface area (Å²) < 4.78 is 0. The van der Waals surface area contributed by atoms with Crippen molar-refractivity contribution < 1.29 is 5.11 Å². The summed E-state index contributed by atoms with van der Waals surface area (Å²) in [6, 6.07) is 0. The molecule has 0 radical (unpaired) electrons. The standard InChI is InChI=1S/C10H23NO/c1-6-9(3,4)11-8-10(5,12)7-2/h11-12H,6-8H2,1-5H3. The van der Waals surface area contributed by atoms with Crippen LogP contribution in [0.2, 0.25) is 0 Å². The van der Waals surface area contributed by atoms with Crippen LogP contribution in [0.3, 0.4) is 0 Å². The molecule has 0 aliphatic heterocycles. The van der Waals surface area contributed by atoms with E-state index >= 15 is 0 Å². The highest BCUT2D eigenvalue weighted by atomic mass is 16.3. The average molecular weight is 173 g/mol. The van der Waals surface area contributed by atoms with Crippen LogP contribution in [0, 0.1) is 0 Å². The van der Waals surface area contributed by atoms with Gasteiger partial charge in [-0.25, -0.2) is 0 Å². The molecule has 74 valence electrons. The summed E-state index contributed by atoms with van der Waals surface area (Å²) in [4.78, 5) is 0. The Labute approximate surface area is 76.4 Å². The maximum Gasteiger partial charge on any atom is 0.0741 e. The van der Waals surface area contributed by atoms with Gasteiger partial charge >= 0.3 is 0 Å². The fourth-order valence-corrected chi connectivity index (χ4v) is 0.680. The maximum atomic E-state index is 9.72. The second-order valence-corrected chi connectivity index (χ2v) is 4.44. The number of hydrogen-bond acceptors (Lipinski definition) is 2. The third-order valence-electron chi connectivity index (χ3n) is 2.59. The smallest absolute Gasteiger partial charge is 0.0741 e. The third-order valence-corrected chi connectivity index (χ3v) is 2.59.